The highest BCUT2D eigenvalue weighted by atomic mass is 79.9. The lowest BCUT2D eigenvalue weighted by atomic mass is 10.0. The molecular weight excluding hydrogens is 228 g/mol. The molecule has 0 saturated heterocycles. The third-order valence-electron chi connectivity index (χ3n) is 2.77. The molecular formula is C10H13BrN2. The number of halogens is 1. The zero-order valence-corrected chi connectivity index (χ0v) is 9.19. The Bertz CT molecular complexity index is 336. The monoisotopic (exact) mass is 240 g/mol. The fourth-order valence-corrected chi connectivity index (χ4v) is 2.70. The SMILES string of the molecule is Cc1ccc(Br)c2c1CC[C@H]2NN. The van der Waals surface area contributed by atoms with E-state index in [2.05, 4.69) is 40.4 Å². The summed E-state index contributed by atoms with van der Waals surface area (Å²) in [5.74, 6) is 5.50. The number of fused-ring (bicyclic) bond motifs is 1. The van der Waals surface area contributed by atoms with Crippen LogP contribution in [0, 0.1) is 6.92 Å². The minimum absolute atomic E-state index is 0.323. The number of aryl methyl sites for hydroxylation is 1. The normalized spacial score (nSPS) is 20.4. The molecule has 0 aromatic heterocycles. The van der Waals surface area contributed by atoms with Crippen molar-refractivity contribution in [3.63, 3.8) is 0 Å². The molecule has 1 aliphatic rings. The maximum absolute atomic E-state index is 5.50. The molecule has 70 valence electrons. The van der Waals surface area contributed by atoms with Crippen molar-refractivity contribution in [3.8, 4) is 0 Å². The van der Waals surface area contributed by atoms with Crippen LogP contribution in [0.15, 0.2) is 16.6 Å². The van der Waals surface area contributed by atoms with Crippen LogP contribution in [0.3, 0.4) is 0 Å². The fraction of sp³-hybridized carbons (Fsp3) is 0.400. The van der Waals surface area contributed by atoms with Crippen molar-refractivity contribution in [2.75, 3.05) is 0 Å². The molecule has 0 unspecified atom stereocenters. The van der Waals surface area contributed by atoms with Gasteiger partial charge in [-0.15, -0.1) is 0 Å². The summed E-state index contributed by atoms with van der Waals surface area (Å²) < 4.78 is 1.17. The summed E-state index contributed by atoms with van der Waals surface area (Å²) >= 11 is 3.57. The van der Waals surface area contributed by atoms with Crippen LogP contribution in [0.2, 0.25) is 0 Å². The molecule has 2 rings (SSSR count). The molecule has 2 nitrogen and oxygen atoms in total. The van der Waals surface area contributed by atoms with Crippen LogP contribution in [0.25, 0.3) is 0 Å². The van der Waals surface area contributed by atoms with Crippen molar-refractivity contribution in [2.45, 2.75) is 25.8 Å². The average molecular weight is 241 g/mol. The van der Waals surface area contributed by atoms with Crippen LogP contribution in [0.4, 0.5) is 0 Å². The molecule has 0 radical (unpaired) electrons. The van der Waals surface area contributed by atoms with Gasteiger partial charge >= 0.3 is 0 Å². The Balaban J connectivity index is 2.55. The van der Waals surface area contributed by atoms with E-state index in [4.69, 9.17) is 5.84 Å². The van der Waals surface area contributed by atoms with Crippen molar-refractivity contribution in [1.82, 2.24) is 5.43 Å². The highest BCUT2D eigenvalue weighted by Crippen LogP contribution is 2.37. The van der Waals surface area contributed by atoms with Gasteiger partial charge in [0, 0.05) is 10.5 Å². The van der Waals surface area contributed by atoms with E-state index in [1.54, 1.807) is 0 Å². The van der Waals surface area contributed by atoms with Crippen LogP contribution in [-0.2, 0) is 6.42 Å². The molecule has 3 heteroatoms. The predicted octanol–water partition coefficient (Wildman–Crippen LogP) is 2.21. The van der Waals surface area contributed by atoms with E-state index in [0.717, 1.165) is 12.8 Å². The Morgan fingerprint density at radius 2 is 2.31 bits per heavy atom. The molecule has 0 saturated carbocycles. The molecule has 1 aromatic rings. The molecule has 0 fully saturated rings. The molecule has 3 N–H and O–H groups in total. The Morgan fingerprint density at radius 1 is 1.54 bits per heavy atom. The summed E-state index contributed by atoms with van der Waals surface area (Å²) in [7, 11) is 0. The van der Waals surface area contributed by atoms with Crippen LogP contribution in [0.5, 0.6) is 0 Å². The first kappa shape index (κ1) is 9.19. The summed E-state index contributed by atoms with van der Waals surface area (Å²) in [6, 6.07) is 4.58. The number of hydrazine groups is 1. The third kappa shape index (κ3) is 1.41. The lowest BCUT2D eigenvalue weighted by molar-refractivity contribution is 0.550. The van der Waals surface area contributed by atoms with Crippen molar-refractivity contribution >= 4 is 15.9 Å². The van der Waals surface area contributed by atoms with Gasteiger partial charge in [-0.1, -0.05) is 22.0 Å². The quantitative estimate of drug-likeness (QED) is 0.584. The highest BCUT2D eigenvalue weighted by molar-refractivity contribution is 9.10. The van der Waals surface area contributed by atoms with Crippen LogP contribution >= 0.6 is 15.9 Å². The second-order valence-corrected chi connectivity index (χ2v) is 4.37. The first-order valence-corrected chi connectivity index (χ1v) is 5.27. The number of rotatable bonds is 1. The Kier molecular flexibility index (Phi) is 2.41. The van der Waals surface area contributed by atoms with E-state index in [1.165, 1.54) is 21.2 Å². The maximum atomic E-state index is 5.50. The maximum Gasteiger partial charge on any atom is 0.0477 e. The second-order valence-electron chi connectivity index (χ2n) is 3.51. The van der Waals surface area contributed by atoms with Gasteiger partial charge in [-0.05, 0) is 42.5 Å². The Hall–Kier alpha value is -0.380. The van der Waals surface area contributed by atoms with Gasteiger partial charge in [0.2, 0.25) is 0 Å². The fourth-order valence-electron chi connectivity index (χ4n) is 2.05. The van der Waals surface area contributed by atoms with E-state index in [9.17, 15) is 0 Å². The third-order valence-corrected chi connectivity index (χ3v) is 3.46. The van der Waals surface area contributed by atoms with E-state index in [-0.39, 0.29) is 0 Å². The number of benzene rings is 1. The van der Waals surface area contributed by atoms with E-state index >= 15 is 0 Å². The summed E-state index contributed by atoms with van der Waals surface area (Å²) in [5.41, 5.74) is 7.03. The summed E-state index contributed by atoms with van der Waals surface area (Å²) in [5, 5.41) is 0. The smallest absolute Gasteiger partial charge is 0.0477 e. The number of hydrogen-bond donors (Lipinski definition) is 2. The number of nitrogens with two attached hydrogens (primary N) is 1. The van der Waals surface area contributed by atoms with Gasteiger partial charge < -0.3 is 0 Å². The summed E-state index contributed by atoms with van der Waals surface area (Å²) in [4.78, 5) is 0. The standard InChI is InChI=1S/C10H13BrN2/c1-6-2-4-8(11)10-7(6)3-5-9(10)13-12/h2,4,9,13H,3,5,12H2,1H3/t9-/m1/s1. The highest BCUT2D eigenvalue weighted by Gasteiger charge is 2.24. The van der Waals surface area contributed by atoms with Gasteiger partial charge in [0.05, 0.1) is 0 Å². The Morgan fingerprint density at radius 3 is 3.00 bits per heavy atom. The summed E-state index contributed by atoms with van der Waals surface area (Å²) in [6.45, 7) is 2.16. The first-order valence-electron chi connectivity index (χ1n) is 4.48. The zero-order chi connectivity index (χ0) is 9.42. The molecule has 1 aromatic carbocycles. The molecule has 13 heavy (non-hydrogen) atoms. The zero-order valence-electron chi connectivity index (χ0n) is 7.60. The molecule has 0 spiro atoms. The topological polar surface area (TPSA) is 38.0 Å². The van der Waals surface area contributed by atoms with Gasteiger partial charge in [0.1, 0.15) is 0 Å². The molecule has 0 bridgehead atoms. The minimum atomic E-state index is 0.323. The summed E-state index contributed by atoms with van der Waals surface area (Å²) in [6.07, 6.45) is 2.24. The van der Waals surface area contributed by atoms with E-state index < -0.39 is 0 Å². The second kappa shape index (κ2) is 3.40. The average Bonchev–Trinajstić information content (AvgIpc) is 2.56. The van der Waals surface area contributed by atoms with Crippen LogP contribution in [-0.4, -0.2) is 0 Å². The number of hydrogen-bond acceptors (Lipinski definition) is 2. The number of nitrogens with one attached hydrogen (secondary N) is 1. The van der Waals surface area contributed by atoms with Crippen LogP contribution < -0.4 is 11.3 Å². The largest absolute Gasteiger partial charge is 0.271 e. The van der Waals surface area contributed by atoms with Gasteiger partial charge in [0.15, 0.2) is 0 Å². The van der Waals surface area contributed by atoms with Crippen molar-refractivity contribution in [2.24, 2.45) is 5.84 Å². The van der Waals surface area contributed by atoms with Gasteiger partial charge in [-0.25, -0.2) is 0 Å². The molecule has 0 aliphatic heterocycles. The molecule has 0 amide bonds. The first-order chi connectivity index (χ1) is 6.24. The van der Waals surface area contributed by atoms with E-state index in [0.29, 0.717) is 6.04 Å². The van der Waals surface area contributed by atoms with Gasteiger partial charge in [-0.3, -0.25) is 11.3 Å². The minimum Gasteiger partial charge on any atom is -0.271 e. The molecule has 1 atom stereocenters. The van der Waals surface area contributed by atoms with Gasteiger partial charge in [-0.2, -0.15) is 0 Å². The van der Waals surface area contributed by atoms with Gasteiger partial charge in [0.25, 0.3) is 0 Å². The predicted molar refractivity (Wildman–Crippen MR) is 57.3 cm³/mol. The van der Waals surface area contributed by atoms with Crippen LogP contribution in [0.1, 0.15) is 29.2 Å². The Labute approximate surface area is 86.6 Å². The van der Waals surface area contributed by atoms with Crippen molar-refractivity contribution < 1.29 is 0 Å². The lowest BCUT2D eigenvalue weighted by Gasteiger charge is -2.12. The van der Waals surface area contributed by atoms with Crippen molar-refractivity contribution in [1.29, 1.82) is 0 Å². The lowest BCUT2D eigenvalue weighted by Crippen LogP contribution is -2.26. The molecule has 0 heterocycles. The van der Waals surface area contributed by atoms with E-state index in [1.807, 2.05) is 0 Å². The van der Waals surface area contributed by atoms with Crippen molar-refractivity contribution in [3.05, 3.63) is 33.3 Å². The molecule has 1 aliphatic carbocycles.